The molecule has 154 valence electrons. The molecule has 0 aliphatic heterocycles. The van der Waals surface area contributed by atoms with E-state index in [9.17, 15) is 23.1 Å². The van der Waals surface area contributed by atoms with Crippen molar-refractivity contribution in [1.29, 1.82) is 0 Å². The van der Waals surface area contributed by atoms with Crippen LogP contribution in [0.5, 0.6) is 0 Å². The fraction of sp³-hybridized carbons (Fsp3) is 0.0952. The van der Waals surface area contributed by atoms with Gasteiger partial charge in [0.25, 0.3) is 5.91 Å². The highest BCUT2D eigenvalue weighted by Crippen LogP contribution is 2.16. The predicted octanol–water partition coefficient (Wildman–Crippen LogP) is 2.31. The van der Waals surface area contributed by atoms with Gasteiger partial charge in [0, 0.05) is 30.1 Å². The van der Waals surface area contributed by atoms with Crippen LogP contribution in [-0.4, -0.2) is 36.4 Å². The van der Waals surface area contributed by atoms with Gasteiger partial charge in [-0.2, -0.15) is 4.72 Å². The summed E-state index contributed by atoms with van der Waals surface area (Å²) in [5.74, 6) is -1.62. The Morgan fingerprint density at radius 1 is 0.967 bits per heavy atom. The molecule has 1 atom stereocenters. The Morgan fingerprint density at radius 2 is 1.67 bits per heavy atom. The number of carboxylic acids is 1. The molecular formula is C21H19N3O5S. The maximum absolute atomic E-state index is 12.6. The molecular weight excluding hydrogens is 406 g/mol. The van der Waals surface area contributed by atoms with Crippen molar-refractivity contribution < 1.29 is 23.1 Å². The second-order valence-electron chi connectivity index (χ2n) is 6.42. The van der Waals surface area contributed by atoms with E-state index in [1.165, 1.54) is 30.5 Å². The Labute approximate surface area is 173 Å². The number of carbonyl (C=O) groups is 2. The van der Waals surface area contributed by atoms with E-state index >= 15 is 0 Å². The quantitative estimate of drug-likeness (QED) is 0.509. The van der Waals surface area contributed by atoms with Gasteiger partial charge in [0.2, 0.25) is 10.0 Å². The number of aliphatic carboxylic acids is 1. The number of nitrogens with one attached hydrogen (secondary N) is 2. The van der Waals surface area contributed by atoms with Crippen molar-refractivity contribution in [3.8, 4) is 0 Å². The number of benzene rings is 2. The van der Waals surface area contributed by atoms with Crippen LogP contribution in [0.15, 0.2) is 84.0 Å². The normalized spacial score (nSPS) is 12.1. The Hall–Kier alpha value is -3.56. The van der Waals surface area contributed by atoms with E-state index in [1.54, 1.807) is 48.7 Å². The van der Waals surface area contributed by atoms with Gasteiger partial charge in [-0.25, -0.2) is 8.42 Å². The van der Waals surface area contributed by atoms with Gasteiger partial charge < -0.3 is 10.4 Å². The summed E-state index contributed by atoms with van der Waals surface area (Å²) < 4.78 is 27.4. The maximum Gasteiger partial charge on any atom is 0.322 e. The first-order chi connectivity index (χ1) is 14.3. The number of rotatable bonds is 8. The molecule has 0 spiro atoms. The Bertz CT molecular complexity index is 1120. The lowest BCUT2D eigenvalue weighted by molar-refractivity contribution is -0.138. The van der Waals surface area contributed by atoms with Gasteiger partial charge in [0.05, 0.1) is 4.90 Å². The van der Waals surface area contributed by atoms with E-state index in [1.807, 2.05) is 0 Å². The maximum atomic E-state index is 12.6. The lowest BCUT2D eigenvalue weighted by Crippen LogP contribution is -2.42. The third-order valence-electron chi connectivity index (χ3n) is 4.22. The first kappa shape index (κ1) is 21.2. The number of carboxylic acid groups (broad SMARTS) is 1. The molecule has 1 aromatic heterocycles. The zero-order valence-electron chi connectivity index (χ0n) is 15.7. The van der Waals surface area contributed by atoms with Crippen LogP contribution in [0.4, 0.5) is 5.69 Å². The minimum Gasteiger partial charge on any atom is -0.480 e. The lowest BCUT2D eigenvalue weighted by atomic mass is 10.1. The van der Waals surface area contributed by atoms with Gasteiger partial charge in [-0.1, -0.05) is 24.3 Å². The molecule has 9 heteroatoms. The van der Waals surface area contributed by atoms with Gasteiger partial charge in [0.15, 0.2) is 0 Å². The number of sulfonamides is 1. The summed E-state index contributed by atoms with van der Waals surface area (Å²) in [6.45, 7) is 0. The van der Waals surface area contributed by atoms with Gasteiger partial charge in [-0.05, 0) is 48.0 Å². The topological polar surface area (TPSA) is 125 Å². The van der Waals surface area contributed by atoms with Crippen LogP contribution >= 0.6 is 0 Å². The minimum atomic E-state index is -4.09. The number of amides is 1. The second-order valence-corrected chi connectivity index (χ2v) is 8.14. The Balaban J connectivity index is 1.70. The average Bonchev–Trinajstić information content (AvgIpc) is 2.75. The summed E-state index contributed by atoms with van der Waals surface area (Å²) in [5.41, 5.74) is 1.47. The number of carbonyl (C=O) groups excluding carboxylic acids is 1. The van der Waals surface area contributed by atoms with Gasteiger partial charge in [-0.3, -0.25) is 14.6 Å². The Morgan fingerprint density at radius 3 is 2.27 bits per heavy atom. The molecule has 3 N–H and O–H groups in total. The molecule has 0 fully saturated rings. The van der Waals surface area contributed by atoms with Crippen LogP contribution in [0.25, 0.3) is 0 Å². The summed E-state index contributed by atoms with van der Waals surface area (Å²) in [7, 11) is -4.09. The van der Waals surface area contributed by atoms with E-state index < -0.39 is 22.0 Å². The summed E-state index contributed by atoms with van der Waals surface area (Å²) in [4.78, 5) is 27.5. The number of hydrogen-bond acceptors (Lipinski definition) is 5. The van der Waals surface area contributed by atoms with Crippen LogP contribution in [0.1, 0.15) is 15.9 Å². The SMILES string of the molecule is O=C(Nc1ccc(S(=O)(=O)N[C@H](Cc2cccnc2)C(=O)O)cc1)c1ccccc1. The predicted molar refractivity (Wildman–Crippen MR) is 111 cm³/mol. The fourth-order valence-electron chi connectivity index (χ4n) is 2.70. The van der Waals surface area contributed by atoms with Crippen molar-refractivity contribution in [3.63, 3.8) is 0 Å². The fourth-order valence-corrected chi connectivity index (χ4v) is 3.89. The van der Waals surface area contributed by atoms with Crippen LogP contribution in [0, 0.1) is 0 Å². The molecule has 0 radical (unpaired) electrons. The summed E-state index contributed by atoms with van der Waals surface area (Å²) in [6, 6.07) is 16.0. The Kier molecular flexibility index (Phi) is 6.55. The first-order valence-corrected chi connectivity index (χ1v) is 10.4. The highest BCUT2D eigenvalue weighted by molar-refractivity contribution is 7.89. The van der Waals surface area contributed by atoms with Gasteiger partial charge in [0.1, 0.15) is 6.04 Å². The van der Waals surface area contributed by atoms with E-state index in [2.05, 4.69) is 15.0 Å². The molecule has 0 aliphatic carbocycles. The molecule has 0 unspecified atom stereocenters. The lowest BCUT2D eigenvalue weighted by Gasteiger charge is -2.15. The van der Waals surface area contributed by atoms with Crippen LogP contribution in [0.2, 0.25) is 0 Å². The van der Waals surface area contributed by atoms with E-state index in [0.717, 1.165) is 0 Å². The van der Waals surface area contributed by atoms with Gasteiger partial charge in [-0.15, -0.1) is 0 Å². The highest BCUT2D eigenvalue weighted by Gasteiger charge is 2.25. The van der Waals surface area contributed by atoms with Crippen LogP contribution < -0.4 is 10.0 Å². The minimum absolute atomic E-state index is 0.0480. The van der Waals surface area contributed by atoms with E-state index in [-0.39, 0.29) is 17.2 Å². The van der Waals surface area contributed by atoms with Crippen molar-refractivity contribution >= 4 is 27.6 Å². The smallest absolute Gasteiger partial charge is 0.322 e. The molecule has 8 nitrogen and oxygen atoms in total. The average molecular weight is 425 g/mol. The molecule has 0 aliphatic rings. The van der Waals surface area contributed by atoms with Crippen molar-refractivity contribution in [1.82, 2.24) is 9.71 Å². The summed E-state index contributed by atoms with van der Waals surface area (Å²) >= 11 is 0. The molecule has 0 saturated heterocycles. The standard InChI is InChI=1S/C21H19N3O5S/c25-20(16-6-2-1-3-7-16)23-17-8-10-18(11-9-17)30(28,29)24-19(21(26)27)13-15-5-4-12-22-14-15/h1-12,14,19,24H,13H2,(H,23,25)(H,26,27)/t19-/m1/s1. The van der Waals surface area contributed by atoms with Crippen molar-refractivity contribution in [3.05, 3.63) is 90.3 Å². The largest absolute Gasteiger partial charge is 0.480 e. The molecule has 1 amide bonds. The first-order valence-electron chi connectivity index (χ1n) is 8.96. The zero-order valence-corrected chi connectivity index (χ0v) is 16.5. The molecule has 1 heterocycles. The van der Waals surface area contributed by atoms with Gasteiger partial charge >= 0.3 is 5.97 Å². The summed E-state index contributed by atoms with van der Waals surface area (Å²) in [5, 5.41) is 12.1. The van der Waals surface area contributed by atoms with E-state index in [4.69, 9.17) is 0 Å². The number of nitrogens with zero attached hydrogens (tertiary/aromatic N) is 1. The molecule has 2 aromatic carbocycles. The number of hydrogen-bond donors (Lipinski definition) is 3. The van der Waals surface area contributed by atoms with Crippen molar-refractivity contribution in [2.24, 2.45) is 0 Å². The van der Waals surface area contributed by atoms with Crippen molar-refractivity contribution in [2.45, 2.75) is 17.4 Å². The number of anilines is 1. The van der Waals surface area contributed by atoms with E-state index in [0.29, 0.717) is 16.8 Å². The molecule has 0 bridgehead atoms. The van der Waals surface area contributed by atoms with Crippen LogP contribution in [0.3, 0.4) is 0 Å². The third kappa shape index (κ3) is 5.49. The second kappa shape index (κ2) is 9.29. The highest BCUT2D eigenvalue weighted by atomic mass is 32.2. The summed E-state index contributed by atoms with van der Waals surface area (Å²) in [6.07, 6.45) is 2.98. The molecule has 3 aromatic rings. The molecule has 30 heavy (non-hydrogen) atoms. The number of pyridine rings is 1. The zero-order chi connectivity index (χ0) is 21.6. The number of aromatic nitrogens is 1. The molecule has 3 rings (SSSR count). The monoisotopic (exact) mass is 425 g/mol. The van der Waals surface area contributed by atoms with Crippen LogP contribution in [-0.2, 0) is 21.2 Å². The third-order valence-corrected chi connectivity index (χ3v) is 5.70. The van der Waals surface area contributed by atoms with Crippen molar-refractivity contribution in [2.75, 3.05) is 5.32 Å². The molecule has 0 saturated carbocycles.